The van der Waals surface area contributed by atoms with Crippen molar-refractivity contribution in [2.75, 3.05) is 26.8 Å². The summed E-state index contributed by atoms with van der Waals surface area (Å²) in [5.41, 5.74) is 2.54. The van der Waals surface area contributed by atoms with Crippen LogP contribution in [0.25, 0.3) is 11.1 Å². The fraction of sp³-hybridized carbons (Fsp3) is 0.350. The lowest BCUT2D eigenvalue weighted by Gasteiger charge is -2.16. The Morgan fingerprint density at radius 1 is 1.19 bits per heavy atom. The summed E-state index contributed by atoms with van der Waals surface area (Å²) in [7, 11) is -2.00. The van der Waals surface area contributed by atoms with Gasteiger partial charge in [0.15, 0.2) is 0 Å². The maximum atomic E-state index is 12.7. The molecule has 0 radical (unpaired) electrons. The molecule has 0 aliphatic carbocycles. The molecule has 1 atom stereocenters. The molecule has 0 aromatic heterocycles. The highest BCUT2D eigenvalue weighted by Crippen LogP contribution is 2.25. The van der Waals surface area contributed by atoms with Gasteiger partial charge in [-0.3, -0.25) is 4.79 Å². The summed E-state index contributed by atoms with van der Waals surface area (Å²) < 4.78 is 36.9. The molecule has 1 unspecified atom stereocenters. The molecule has 1 aliphatic heterocycles. The zero-order chi connectivity index (χ0) is 19.4. The van der Waals surface area contributed by atoms with Crippen LogP contribution in [0.1, 0.15) is 12.5 Å². The van der Waals surface area contributed by atoms with Crippen molar-refractivity contribution in [1.29, 1.82) is 0 Å². The van der Waals surface area contributed by atoms with Crippen molar-refractivity contribution < 1.29 is 22.7 Å². The van der Waals surface area contributed by atoms with Crippen LogP contribution in [-0.4, -0.2) is 51.6 Å². The first kappa shape index (κ1) is 19.5. The molecule has 2 aromatic rings. The SMILES string of the molecule is CCOC(=O)Cc1ccc(-c2cccc(S(=O)(=O)N(C)CC3CO3)c2)cc1. The van der Waals surface area contributed by atoms with E-state index in [9.17, 15) is 13.2 Å². The Kier molecular flexibility index (Phi) is 5.94. The van der Waals surface area contributed by atoms with Gasteiger partial charge >= 0.3 is 5.97 Å². The van der Waals surface area contributed by atoms with Gasteiger partial charge in [0.2, 0.25) is 10.0 Å². The smallest absolute Gasteiger partial charge is 0.310 e. The van der Waals surface area contributed by atoms with Crippen LogP contribution in [0.3, 0.4) is 0 Å². The lowest BCUT2D eigenvalue weighted by molar-refractivity contribution is -0.142. The van der Waals surface area contributed by atoms with Crippen LogP contribution in [0.4, 0.5) is 0 Å². The predicted octanol–water partition coefficient (Wildman–Crippen LogP) is 2.48. The molecule has 0 bridgehead atoms. The molecule has 27 heavy (non-hydrogen) atoms. The topological polar surface area (TPSA) is 76.2 Å². The van der Waals surface area contributed by atoms with Crippen molar-refractivity contribution in [3.63, 3.8) is 0 Å². The van der Waals surface area contributed by atoms with Crippen LogP contribution in [-0.2, 0) is 30.7 Å². The monoisotopic (exact) mass is 389 g/mol. The van der Waals surface area contributed by atoms with E-state index in [1.54, 1.807) is 32.2 Å². The summed E-state index contributed by atoms with van der Waals surface area (Å²) >= 11 is 0. The second kappa shape index (κ2) is 8.21. The average molecular weight is 389 g/mol. The van der Waals surface area contributed by atoms with E-state index in [1.165, 1.54) is 4.31 Å². The summed E-state index contributed by atoms with van der Waals surface area (Å²) in [4.78, 5) is 11.8. The molecule has 2 aromatic carbocycles. The molecule has 0 spiro atoms. The largest absolute Gasteiger partial charge is 0.466 e. The number of esters is 1. The van der Waals surface area contributed by atoms with E-state index in [4.69, 9.17) is 9.47 Å². The van der Waals surface area contributed by atoms with Crippen molar-refractivity contribution in [3.05, 3.63) is 54.1 Å². The molecule has 0 saturated carbocycles. The molecule has 1 saturated heterocycles. The van der Waals surface area contributed by atoms with Gasteiger partial charge in [-0.2, -0.15) is 4.31 Å². The average Bonchev–Trinajstić information content (AvgIpc) is 3.46. The normalized spacial score (nSPS) is 16.3. The van der Waals surface area contributed by atoms with Gasteiger partial charge in [0.05, 0.1) is 30.6 Å². The summed E-state index contributed by atoms with van der Waals surface area (Å²) in [5, 5.41) is 0. The Labute approximate surface area is 159 Å². The van der Waals surface area contributed by atoms with E-state index < -0.39 is 10.0 Å². The molecule has 1 fully saturated rings. The van der Waals surface area contributed by atoms with Crippen LogP contribution in [0, 0.1) is 0 Å². The number of benzene rings is 2. The number of likely N-dealkylation sites (N-methyl/N-ethyl adjacent to an activating group) is 1. The van der Waals surface area contributed by atoms with E-state index in [1.807, 2.05) is 30.3 Å². The van der Waals surface area contributed by atoms with Crippen LogP contribution >= 0.6 is 0 Å². The minimum Gasteiger partial charge on any atom is -0.466 e. The number of hydrogen-bond donors (Lipinski definition) is 0. The predicted molar refractivity (Wildman–Crippen MR) is 102 cm³/mol. The molecule has 0 amide bonds. The first-order valence-corrected chi connectivity index (χ1v) is 10.3. The van der Waals surface area contributed by atoms with E-state index in [0.717, 1.165) is 16.7 Å². The first-order chi connectivity index (χ1) is 12.9. The molecule has 0 N–H and O–H groups in total. The van der Waals surface area contributed by atoms with Gasteiger partial charge in [-0.15, -0.1) is 0 Å². The number of ether oxygens (including phenoxy) is 2. The molecule has 7 heteroatoms. The minimum absolute atomic E-state index is 0.0000924. The third-order valence-corrected chi connectivity index (χ3v) is 6.17. The summed E-state index contributed by atoms with van der Waals surface area (Å²) in [5.74, 6) is -0.263. The molecular formula is C20H23NO5S. The van der Waals surface area contributed by atoms with Crippen LogP contribution in [0.15, 0.2) is 53.4 Å². The second-order valence-electron chi connectivity index (χ2n) is 6.45. The molecule has 1 aliphatic rings. The van der Waals surface area contributed by atoms with E-state index >= 15 is 0 Å². The van der Waals surface area contributed by atoms with Gasteiger partial charge in [-0.1, -0.05) is 36.4 Å². The van der Waals surface area contributed by atoms with Crippen molar-refractivity contribution in [1.82, 2.24) is 4.31 Å². The zero-order valence-corrected chi connectivity index (χ0v) is 16.2. The highest BCUT2D eigenvalue weighted by molar-refractivity contribution is 7.89. The third-order valence-electron chi connectivity index (χ3n) is 4.35. The molecular weight excluding hydrogens is 366 g/mol. The lowest BCUT2D eigenvalue weighted by Crippen LogP contribution is -2.30. The van der Waals surface area contributed by atoms with E-state index in [0.29, 0.717) is 19.8 Å². The number of epoxide rings is 1. The zero-order valence-electron chi connectivity index (χ0n) is 15.4. The summed E-state index contributed by atoms with van der Waals surface area (Å²) in [6.45, 7) is 3.10. The maximum absolute atomic E-state index is 12.7. The highest BCUT2D eigenvalue weighted by atomic mass is 32.2. The Balaban J connectivity index is 1.77. The Hall–Kier alpha value is -2.22. The van der Waals surface area contributed by atoms with Gasteiger partial charge in [0.1, 0.15) is 0 Å². The van der Waals surface area contributed by atoms with Crippen LogP contribution < -0.4 is 0 Å². The third kappa shape index (κ3) is 4.94. The number of nitrogens with zero attached hydrogens (tertiary/aromatic N) is 1. The number of rotatable bonds is 8. The quantitative estimate of drug-likeness (QED) is 0.512. The van der Waals surface area contributed by atoms with Crippen LogP contribution in [0.2, 0.25) is 0 Å². The van der Waals surface area contributed by atoms with Gasteiger partial charge in [-0.25, -0.2) is 8.42 Å². The Bertz CT molecular complexity index is 904. The van der Waals surface area contributed by atoms with Crippen molar-refractivity contribution in [3.8, 4) is 11.1 Å². The van der Waals surface area contributed by atoms with Gasteiger partial charge < -0.3 is 9.47 Å². The van der Waals surface area contributed by atoms with Crippen LogP contribution in [0.5, 0.6) is 0 Å². The van der Waals surface area contributed by atoms with Gasteiger partial charge in [-0.05, 0) is 35.7 Å². The standard InChI is InChI=1S/C20H23NO5S/c1-3-25-20(22)11-15-7-9-16(10-8-15)17-5-4-6-19(12-17)27(23,24)21(2)13-18-14-26-18/h4-10,12,18H,3,11,13-14H2,1-2H3. The number of carbonyl (C=O) groups is 1. The van der Waals surface area contributed by atoms with Gasteiger partial charge in [0, 0.05) is 13.6 Å². The summed E-state index contributed by atoms with van der Waals surface area (Å²) in [6.07, 6.45) is 0.219. The summed E-state index contributed by atoms with van der Waals surface area (Å²) in [6, 6.07) is 14.3. The molecule has 3 rings (SSSR count). The van der Waals surface area contributed by atoms with E-state index in [-0.39, 0.29) is 23.4 Å². The van der Waals surface area contributed by atoms with Gasteiger partial charge in [0.25, 0.3) is 0 Å². The van der Waals surface area contributed by atoms with Crippen molar-refractivity contribution >= 4 is 16.0 Å². The van der Waals surface area contributed by atoms with E-state index in [2.05, 4.69) is 0 Å². The van der Waals surface area contributed by atoms with Crippen molar-refractivity contribution in [2.24, 2.45) is 0 Å². The molecule has 6 nitrogen and oxygen atoms in total. The fourth-order valence-corrected chi connectivity index (χ4v) is 4.02. The first-order valence-electron chi connectivity index (χ1n) is 8.83. The fourth-order valence-electron chi connectivity index (χ4n) is 2.77. The van der Waals surface area contributed by atoms with Crippen molar-refractivity contribution in [2.45, 2.75) is 24.3 Å². The number of carbonyl (C=O) groups excluding carboxylic acids is 1. The molecule has 1 heterocycles. The maximum Gasteiger partial charge on any atom is 0.310 e. The Morgan fingerprint density at radius 2 is 1.89 bits per heavy atom. The highest BCUT2D eigenvalue weighted by Gasteiger charge is 2.30. The number of sulfonamides is 1. The molecule has 144 valence electrons. The number of hydrogen-bond acceptors (Lipinski definition) is 5. The minimum atomic E-state index is -3.56. The Morgan fingerprint density at radius 3 is 2.52 bits per heavy atom. The lowest BCUT2D eigenvalue weighted by atomic mass is 10.0. The second-order valence-corrected chi connectivity index (χ2v) is 8.49.